The predicted octanol–water partition coefficient (Wildman–Crippen LogP) is 2.57. The van der Waals surface area contributed by atoms with Gasteiger partial charge in [0.25, 0.3) is 0 Å². The van der Waals surface area contributed by atoms with Crippen molar-refractivity contribution >= 4 is 11.8 Å². The number of carbonyl (C=O) groups is 2. The van der Waals surface area contributed by atoms with E-state index in [2.05, 4.69) is 24.4 Å². The highest BCUT2D eigenvalue weighted by atomic mass is 16.2. The van der Waals surface area contributed by atoms with E-state index in [0.717, 1.165) is 12.0 Å². The van der Waals surface area contributed by atoms with Gasteiger partial charge in [-0.15, -0.1) is 0 Å². The Morgan fingerprint density at radius 1 is 1.33 bits per heavy atom. The lowest BCUT2D eigenvalue weighted by Crippen LogP contribution is -2.45. The Morgan fingerprint density at radius 2 is 2.05 bits per heavy atom. The summed E-state index contributed by atoms with van der Waals surface area (Å²) in [5.41, 5.74) is 2.32. The Morgan fingerprint density at radius 3 is 2.71 bits per heavy atom. The second-order valence-electron chi connectivity index (χ2n) is 5.72. The summed E-state index contributed by atoms with van der Waals surface area (Å²) < 4.78 is 0. The molecule has 1 aromatic carbocycles. The SMILES string of the molecule is CCCC1NC(=O)CCN(C(C)c2ccccc2C)C1=O. The van der Waals surface area contributed by atoms with Crippen molar-refractivity contribution in [3.05, 3.63) is 35.4 Å². The third-order valence-corrected chi connectivity index (χ3v) is 4.18. The lowest BCUT2D eigenvalue weighted by Gasteiger charge is -2.31. The molecule has 0 aromatic heterocycles. The molecule has 4 nitrogen and oxygen atoms in total. The number of amides is 2. The third kappa shape index (κ3) is 3.43. The van der Waals surface area contributed by atoms with Gasteiger partial charge in [0.05, 0.1) is 6.04 Å². The van der Waals surface area contributed by atoms with E-state index in [0.29, 0.717) is 19.4 Å². The van der Waals surface area contributed by atoms with Gasteiger partial charge < -0.3 is 10.2 Å². The second-order valence-corrected chi connectivity index (χ2v) is 5.72. The zero-order valence-electron chi connectivity index (χ0n) is 13.1. The zero-order valence-corrected chi connectivity index (χ0v) is 13.1. The summed E-state index contributed by atoms with van der Waals surface area (Å²) in [6.07, 6.45) is 1.95. The number of nitrogens with one attached hydrogen (secondary N) is 1. The molecular weight excluding hydrogens is 264 g/mol. The van der Waals surface area contributed by atoms with Crippen molar-refractivity contribution in [3.8, 4) is 0 Å². The average Bonchev–Trinajstić information content (AvgIpc) is 2.59. The maximum absolute atomic E-state index is 12.7. The van der Waals surface area contributed by atoms with Crippen LogP contribution in [0.25, 0.3) is 0 Å². The number of hydrogen-bond donors (Lipinski definition) is 1. The predicted molar refractivity (Wildman–Crippen MR) is 82.8 cm³/mol. The van der Waals surface area contributed by atoms with Gasteiger partial charge in [0.2, 0.25) is 11.8 Å². The lowest BCUT2D eigenvalue weighted by atomic mass is 10.00. The highest BCUT2D eigenvalue weighted by Crippen LogP contribution is 2.25. The van der Waals surface area contributed by atoms with Crippen LogP contribution in [0.15, 0.2) is 24.3 Å². The monoisotopic (exact) mass is 288 g/mol. The van der Waals surface area contributed by atoms with Crippen LogP contribution in [-0.4, -0.2) is 29.3 Å². The standard InChI is InChI=1S/C17H24N2O2/c1-4-7-15-17(21)19(11-10-16(20)18-15)13(3)14-9-6-5-8-12(14)2/h5-6,8-9,13,15H,4,7,10-11H2,1-3H3,(H,18,20). The van der Waals surface area contributed by atoms with E-state index < -0.39 is 0 Å². The van der Waals surface area contributed by atoms with Gasteiger partial charge in [-0.3, -0.25) is 9.59 Å². The number of nitrogens with zero attached hydrogens (tertiary/aromatic N) is 1. The number of aryl methyl sites for hydroxylation is 1. The van der Waals surface area contributed by atoms with E-state index in [4.69, 9.17) is 0 Å². The fraction of sp³-hybridized carbons (Fsp3) is 0.529. The molecule has 0 aliphatic carbocycles. The maximum Gasteiger partial charge on any atom is 0.245 e. The molecule has 2 atom stereocenters. The molecule has 0 radical (unpaired) electrons. The summed E-state index contributed by atoms with van der Waals surface area (Å²) in [6, 6.07) is 7.72. The van der Waals surface area contributed by atoms with Gasteiger partial charge in [-0.2, -0.15) is 0 Å². The summed E-state index contributed by atoms with van der Waals surface area (Å²) in [4.78, 5) is 26.4. The minimum absolute atomic E-state index is 0.00856. The van der Waals surface area contributed by atoms with Crippen LogP contribution in [0.5, 0.6) is 0 Å². The molecule has 0 saturated carbocycles. The van der Waals surface area contributed by atoms with Crippen LogP contribution in [0.1, 0.15) is 50.3 Å². The minimum atomic E-state index is -0.378. The summed E-state index contributed by atoms with van der Waals surface area (Å²) in [5, 5.41) is 2.85. The summed E-state index contributed by atoms with van der Waals surface area (Å²) in [6.45, 7) is 6.61. The highest BCUT2D eigenvalue weighted by Gasteiger charge is 2.32. The average molecular weight is 288 g/mol. The Kier molecular flexibility index (Phi) is 4.99. The van der Waals surface area contributed by atoms with Gasteiger partial charge in [0, 0.05) is 13.0 Å². The van der Waals surface area contributed by atoms with Crippen LogP contribution in [-0.2, 0) is 9.59 Å². The van der Waals surface area contributed by atoms with Crippen molar-refractivity contribution in [1.82, 2.24) is 10.2 Å². The Hall–Kier alpha value is -1.84. The molecule has 2 rings (SSSR count). The molecule has 2 amide bonds. The smallest absolute Gasteiger partial charge is 0.245 e. The summed E-state index contributed by atoms with van der Waals surface area (Å²) in [5.74, 6) is 0.0136. The molecule has 4 heteroatoms. The quantitative estimate of drug-likeness (QED) is 0.925. The molecule has 1 N–H and O–H groups in total. The topological polar surface area (TPSA) is 49.4 Å². The number of rotatable bonds is 4. The first kappa shape index (κ1) is 15.5. The van der Waals surface area contributed by atoms with Crippen molar-refractivity contribution < 1.29 is 9.59 Å². The number of benzene rings is 1. The first-order valence-electron chi connectivity index (χ1n) is 7.70. The first-order chi connectivity index (χ1) is 10.0. The van der Waals surface area contributed by atoms with Crippen molar-refractivity contribution in [2.24, 2.45) is 0 Å². The number of carbonyl (C=O) groups excluding carboxylic acids is 2. The molecule has 0 bridgehead atoms. The summed E-state index contributed by atoms with van der Waals surface area (Å²) in [7, 11) is 0. The van der Waals surface area contributed by atoms with Crippen LogP contribution in [0.4, 0.5) is 0 Å². The van der Waals surface area contributed by atoms with E-state index >= 15 is 0 Å². The fourth-order valence-corrected chi connectivity index (χ4v) is 2.95. The van der Waals surface area contributed by atoms with Crippen molar-refractivity contribution in [2.75, 3.05) is 6.54 Å². The van der Waals surface area contributed by atoms with E-state index in [1.807, 2.05) is 30.9 Å². The van der Waals surface area contributed by atoms with Crippen molar-refractivity contribution in [3.63, 3.8) is 0 Å². The number of hydrogen-bond acceptors (Lipinski definition) is 2. The molecule has 114 valence electrons. The van der Waals surface area contributed by atoms with Gasteiger partial charge in [0.15, 0.2) is 0 Å². The zero-order chi connectivity index (χ0) is 15.4. The van der Waals surface area contributed by atoms with Crippen LogP contribution < -0.4 is 5.32 Å². The molecule has 1 saturated heterocycles. The first-order valence-corrected chi connectivity index (χ1v) is 7.70. The molecule has 1 fully saturated rings. The third-order valence-electron chi connectivity index (χ3n) is 4.18. The molecule has 1 aromatic rings. The van der Waals surface area contributed by atoms with Gasteiger partial charge in [-0.05, 0) is 31.4 Å². The van der Waals surface area contributed by atoms with Gasteiger partial charge >= 0.3 is 0 Å². The Labute approximate surface area is 126 Å². The normalized spacial score (nSPS) is 20.9. The molecule has 2 unspecified atom stereocenters. The van der Waals surface area contributed by atoms with Crippen LogP contribution >= 0.6 is 0 Å². The highest BCUT2D eigenvalue weighted by molar-refractivity contribution is 5.90. The van der Waals surface area contributed by atoms with E-state index in [1.165, 1.54) is 5.56 Å². The van der Waals surface area contributed by atoms with E-state index in [1.54, 1.807) is 0 Å². The fourth-order valence-electron chi connectivity index (χ4n) is 2.95. The molecule has 1 aliphatic rings. The van der Waals surface area contributed by atoms with E-state index in [9.17, 15) is 9.59 Å². The molecule has 0 spiro atoms. The lowest BCUT2D eigenvalue weighted by molar-refractivity contribution is -0.135. The summed E-state index contributed by atoms with van der Waals surface area (Å²) >= 11 is 0. The van der Waals surface area contributed by atoms with Crippen molar-refractivity contribution in [2.45, 2.75) is 52.1 Å². The molecule has 1 aliphatic heterocycles. The van der Waals surface area contributed by atoms with Crippen LogP contribution in [0.2, 0.25) is 0 Å². The van der Waals surface area contributed by atoms with Gasteiger partial charge in [-0.25, -0.2) is 0 Å². The molecule has 1 heterocycles. The molecular formula is C17H24N2O2. The van der Waals surface area contributed by atoms with Crippen molar-refractivity contribution in [1.29, 1.82) is 0 Å². The van der Waals surface area contributed by atoms with Gasteiger partial charge in [-0.1, -0.05) is 37.6 Å². The van der Waals surface area contributed by atoms with Gasteiger partial charge in [0.1, 0.15) is 6.04 Å². The second kappa shape index (κ2) is 6.74. The maximum atomic E-state index is 12.7. The van der Waals surface area contributed by atoms with Crippen LogP contribution in [0.3, 0.4) is 0 Å². The van der Waals surface area contributed by atoms with Crippen LogP contribution in [0, 0.1) is 6.92 Å². The van der Waals surface area contributed by atoms with E-state index in [-0.39, 0.29) is 23.9 Å². The minimum Gasteiger partial charge on any atom is -0.344 e. The Balaban J connectivity index is 2.26. The Bertz CT molecular complexity index is 527. The largest absolute Gasteiger partial charge is 0.344 e. The molecule has 21 heavy (non-hydrogen) atoms.